The third kappa shape index (κ3) is 6.68. The van der Waals surface area contributed by atoms with Crippen molar-refractivity contribution in [2.75, 3.05) is 13.2 Å². The minimum atomic E-state index is 0.0201. The average Bonchev–Trinajstić information content (AvgIpc) is 2.77. The molecule has 150 valence electrons. The fourth-order valence-corrected chi connectivity index (χ4v) is 2.94. The minimum Gasteiger partial charge on any atom is -0.508 e. The van der Waals surface area contributed by atoms with Gasteiger partial charge in [0.15, 0.2) is 5.78 Å². The van der Waals surface area contributed by atoms with Crippen LogP contribution in [-0.2, 0) is 0 Å². The Balaban J connectivity index is 1.29. The zero-order valence-corrected chi connectivity index (χ0v) is 16.4. The van der Waals surface area contributed by atoms with Crippen molar-refractivity contribution in [3.63, 3.8) is 0 Å². The van der Waals surface area contributed by atoms with Gasteiger partial charge in [0, 0.05) is 11.1 Å². The summed E-state index contributed by atoms with van der Waals surface area (Å²) in [4.78, 5) is 12.4. The van der Waals surface area contributed by atoms with E-state index in [4.69, 9.17) is 9.47 Å². The van der Waals surface area contributed by atoms with Gasteiger partial charge in [0.2, 0.25) is 0 Å². The molecule has 3 aromatic carbocycles. The van der Waals surface area contributed by atoms with Gasteiger partial charge in [-0.05, 0) is 74.2 Å². The quantitative estimate of drug-likeness (QED) is 0.340. The lowest BCUT2D eigenvalue weighted by Gasteiger charge is -2.08. The molecule has 4 heteroatoms. The van der Waals surface area contributed by atoms with Crippen LogP contribution >= 0.6 is 0 Å². The van der Waals surface area contributed by atoms with Crippen LogP contribution in [0.5, 0.6) is 17.2 Å². The van der Waals surface area contributed by atoms with Crippen molar-refractivity contribution in [3.05, 3.63) is 90.0 Å². The molecule has 0 aliphatic heterocycles. The monoisotopic (exact) mass is 390 g/mol. The number of carbonyl (C=O) groups excluding carboxylic acids is 1. The number of aromatic hydroxyl groups is 1. The molecule has 0 spiro atoms. The second-order valence-corrected chi connectivity index (χ2v) is 6.82. The lowest BCUT2D eigenvalue weighted by molar-refractivity contribution is 0.103. The van der Waals surface area contributed by atoms with Crippen LogP contribution in [0.15, 0.2) is 78.9 Å². The third-order valence-electron chi connectivity index (χ3n) is 4.57. The Labute approximate surface area is 171 Å². The maximum Gasteiger partial charge on any atom is 0.193 e. The second kappa shape index (κ2) is 10.9. The topological polar surface area (TPSA) is 55.8 Å². The number of carbonyl (C=O) groups is 1. The highest BCUT2D eigenvalue weighted by Crippen LogP contribution is 2.17. The van der Waals surface area contributed by atoms with Crippen LogP contribution in [0.3, 0.4) is 0 Å². The van der Waals surface area contributed by atoms with Gasteiger partial charge in [-0.15, -0.1) is 0 Å². The molecule has 0 unspecified atom stereocenters. The Morgan fingerprint density at radius 3 is 1.66 bits per heavy atom. The van der Waals surface area contributed by atoms with E-state index in [2.05, 4.69) is 0 Å². The van der Waals surface area contributed by atoms with Crippen LogP contribution in [0.2, 0.25) is 0 Å². The van der Waals surface area contributed by atoms with Crippen LogP contribution in [-0.4, -0.2) is 24.1 Å². The molecule has 0 heterocycles. The Morgan fingerprint density at radius 2 is 1.10 bits per heavy atom. The molecule has 0 atom stereocenters. The first-order valence-corrected chi connectivity index (χ1v) is 9.97. The minimum absolute atomic E-state index is 0.0201. The molecule has 4 nitrogen and oxygen atoms in total. The zero-order valence-electron chi connectivity index (χ0n) is 16.4. The third-order valence-corrected chi connectivity index (χ3v) is 4.57. The summed E-state index contributed by atoms with van der Waals surface area (Å²) in [5.74, 6) is 1.83. The Kier molecular flexibility index (Phi) is 7.70. The maximum absolute atomic E-state index is 12.4. The van der Waals surface area contributed by atoms with Crippen molar-refractivity contribution in [1.82, 2.24) is 0 Å². The van der Waals surface area contributed by atoms with E-state index in [0.29, 0.717) is 24.3 Å². The van der Waals surface area contributed by atoms with Gasteiger partial charge in [0.25, 0.3) is 0 Å². The molecule has 0 amide bonds. The summed E-state index contributed by atoms with van der Waals surface area (Å²) >= 11 is 0. The van der Waals surface area contributed by atoms with Gasteiger partial charge in [-0.1, -0.05) is 30.3 Å². The summed E-state index contributed by atoms with van der Waals surface area (Å²) in [6, 6.07) is 23.4. The van der Waals surface area contributed by atoms with E-state index in [1.807, 2.05) is 54.6 Å². The fraction of sp³-hybridized carbons (Fsp3) is 0.240. The Bertz CT molecular complexity index is 871. The summed E-state index contributed by atoms with van der Waals surface area (Å²) in [5.41, 5.74) is 1.35. The molecule has 29 heavy (non-hydrogen) atoms. The van der Waals surface area contributed by atoms with Crippen molar-refractivity contribution >= 4 is 5.78 Å². The van der Waals surface area contributed by atoms with Gasteiger partial charge >= 0.3 is 0 Å². The molecule has 0 aromatic heterocycles. The van der Waals surface area contributed by atoms with Gasteiger partial charge < -0.3 is 14.6 Å². The van der Waals surface area contributed by atoms with Crippen molar-refractivity contribution in [1.29, 1.82) is 0 Å². The Hall–Kier alpha value is -3.27. The SMILES string of the molecule is O=C(c1ccccc1)c1ccc(OCCCCCCOc2ccc(O)cc2)cc1. The van der Waals surface area contributed by atoms with Gasteiger partial charge in [-0.3, -0.25) is 4.79 Å². The number of benzene rings is 3. The van der Waals surface area contributed by atoms with Crippen LogP contribution in [0.4, 0.5) is 0 Å². The highest BCUT2D eigenvalue weighted by atomic mass is 16.5. The predicted molar refractivity (Wildman–Crippen MR) is 114 cm³/mol. The van der Waals surface area contributed by atoms with Crippen molar-refractivity contribution in [2.24, 2.45) is 0 Å². The normalized spacial score (nSPS) is 10.5. The number of hydrogen-bond acceptors (Lipinski definition) is 4. The van der Waals surface area contributed by atoms with Crippen molar-refractivity contribution in [3.8, 4) is 17.2 Å². The second-order valence-electron chi connectivity index (χ2n) is 6.82. The lowest BCUT2D eigenvalue weighted by Crippen LogP contribution is -2.02. The maximum atomic E-state index is 12.4. The standard InChI is InChI=1S/C25H26O4/c26-22-12-16-24(17-13-22)29-19-7-2-1-6-18-28-23-14-10-21(11-15-23)25(27)20-8-4-3-5-9-20/h3-5,8-17,26H,1-2,6-7,18-19H2. The van der Waals surface area contributed by atoms with E-state index in [9.17, 15) is 9.90 Å². The first-order valence-electron chi connectivity index (χ1n) is 9.97. The molecule has 3 rings (SSSR count). The van der Waals surface area contributed by atoms with E-state index in [-0.39, 0.29) is 11.5 Å². The van der Waals surface area contributed by atoms with Crippen molar-refractivity contribution < 1.29 is 19.4 Å². The van der Waals surface area contributed by atoms with Crippen molar-refractivity contribution in [2.45, 2.75) is 25.7 Å². The van der Waals surface area contributed by atoms with Gasteiger partial charge in [-0.2, -0.15) is 0 Å². The van der Waals surface area contributed by atoms with E-state index in [1.54, 1.807) is 24.3 Å². The van der Waals surface area contributed by atoms with Gasteiger partial charge in [0.05, 0.1) is 13.2 Å². The predicted octanol–water partition coefficient (Wildman–Crippen LogP) is 5.64. The Morgan fingerprint density at radius 1 is 0.621 bits per heavy atom. The highest BCUT2D eigenvalue weighted by molar-refractivity contribution is 6.08. The molecule has 3 aromatic rings. The number of hydrogen-bond donors (Lipinski definition) is 1. The summed E-state index contributed by atoms with van der Waals surface area (Å²) in [5, 5.41) is 9.23. The number of phenols is 1. The molecule has 0 aliphatic carbocycles. The van der Waals surface area contributed by atoms with Crippen LogP contribution in [0, 0.1) is 0 Å². The first kappa shape index (κ1) is 20.5. The molecule has 0 bridgehead atoms. The average molecular weight is 390 g/mol. The highest BCUT2D eigenvalue weighted by Gasteiger charge is 2.08. The number of phenolic OH excluding ortho intramolecular Hbond substituents is 1. The molecule has 0 fully saturated rings. The number of ketones is 1. The van der Waals surface area contributed by atoms with Crippen LogP contribution < -0.4 is 9.47 Å². The van der Waals surface area contributed by atoms with Crippen LogP contribution in [0.1, 0.15) is 41.6 Å². The molecular formula is C25H26O4. The lowest BCUT2D eigenvalue weighted by atomic mass is 10.0. The van der Waals surface area contributed by atoms with E-state index < -0.39 is 0 Å². The fourth-order valence-electron chi connectivity index (χ4n) is 2.94. The molecule has 0 radical (unpaired) electrons. The molecule has 0 saturated heterocycles. The summed E-state index contributed by atoms with van der Waals surface area (Å²) in [7, 11) is 0. The smallest absolute Gasteiger partial charge is 0.193 e. The summed E-state index contributed by atoms with van der Waals surface area (Å²) in [6.45, 7) is 1.33. The number of ether oxygens (including phenoxy) is 2. The summed E-state index contributed by atoms with van der Waals surface area (Å²) < 4.78 is 11.4. The van der Waals surface area contributed by atoms with Gasteiger partial charge in [-0.25, -0.2) is 0 Å². The molecule has 0 saturated carbocycles. The summed E-state index contributed by atoms with van der Waals surface area (Å²) in [6.07, 6.45) is 4.11. The zero-order chi connectivity index (χ0) is 20.3. The number of unbranched alkanes of at least 4 members (excludes halogenated alkanes) is 3. The first-order chi connectivity index (χ1) is 14.2. The molecule has 0 aliphatic rings. The van der Waals surface area contributed by atoms with E-state index in [1.165, 1.54) is 0 Å². The van der Waals surface area contributed by atoms with E-state index in [0.717, 1.165) is 37.2 Å². The molecular weight excluding hydrogens is 364 g/mol. The van der Waals surface area contributed by atoms with Crippen LogP contribution in [0.25, 0.3) is 0 Å². The number of rotatable bonds is 11. The van der Waals surface area contributed by atoms with Gasteiger partial charge in [0.1, 0.15) is 17.2 Å². The molecule has 1 N–H and O–H groups in total. The van der Waals surface area contributed by atoms with E-state index >= 15 is 0 Å². The largest absolute Gasteiger partial charge is 0.508 e.